The fraction of sp³-hybridized carbons (Fsp3) is 0.375. The van der Waals surface area contributed by atoms with Crippen LogP contribution in [0.5, 0.6) is 11.5 Å². The second-order valence-electron chi connectivity index (χ2n) is 10.8. The zero-order valence-corrected chi connectivity index (χ0v) is 26.5. The standard InChI is InChI=1S/C32H40N4O5S.ClH/c1-4-5-19-36(32(38)33-28-8-6-7-26(22-28)24(2)37)29-17-20-35(21-18-29)23-25-9-13-30(14-10-25)41-31-15-11-27(12-16-31)34-42(3,39)40;/h6-16,22,29,34H,4-5,17-21,23H2,1-3H3,(H,33,38);1H. The molecule has 0 radical (unpaired) electrons. The summed E-state index contributed by atoms with van der Waals surface area (Å²) in [4.78, 5) is 29.4. The molecule has 1 heterocycles. The molecule has 3 aromatic carbocycles. The SMILES string of the molecule is CCCCN(C(=O)Nc1cccc(C(C)=O)c1)C1CCN(Cc2ccc(Oc3ccc(NS(C)(=O)=O)cc3)cc2)CC1.Cl. The zero-order chi connectivity index (χ0) is 30.1. The number of anilines is 2. The molecule has 0 bridgehead atoms. The molecule has 1 aliphatic heterocycles. The van der Waals surface area contributed by atoms with Crippen LogP contribution in [-0.4, -0.2) is 62.0 Å². The minimum atomic E-state index is -3.32. The van der Waals surface area contributed by atoms with Gasteiger partial charge in [0, 0.05) is 49.2 Å². The van der Waals surface area contributed by atoms with E-state index in [1.165, 1.54) is 12.5 Å². The Bertz CT molecular complexity index is 1460. The van der Waals surface area contributed by atoms with Gasteiger partial charge in [0.2, 0.25) is 10.0 Å². The molecule has 2 N–H and O–H groups in total. The average molecular weight is 629 g/mol. The number of urea groups is 1. The van der Waals surface area contributed by atoms with Crippen molar-refractivity contribution < 1.29 is 22.7 Å². The number of hydrogen-bond acceptors (Lipinski definition) is 6. The molecule has 9 nitrogen and oxygen atoms in total. The minimum absolute atomic E-state index is 0. The number of hydrogen-bond donors (Lipinski definition) is 2. The molecule has 232 valence electrons. The fourth-order valence-corrected chi connectivity index (χ4v) is 5.61. The molecule has 0 unspecified atom stereocenters. The van der Waals surface area contributed by atoms with Crippen LogP contribution in [0, 0.1) is 0 Å². The summed E-state index contributed by atoms with van der Waals surface area (Å²) in [5.74, 6) is 1.29. The number of sulfonamides is 1. The van der Waals surface area contributed by atoms with Crippen LogP contribution in [-0.2, 0) is 16.6 Å². The number of nitrogens with zero attached hydrogens (tertiary/aromatic N) is 2. The third-order valence-corrected chi connectivity index (χ3v) is 7.86. The van der Waals surface area contributed by atoms with Crippen LogP contribution in [0.1, 0.15) is 55.5 Å². The number of ketones is 1. The largest absolute Gasteiger partial charge is 0.457 e. The summed E-state index contributed by atoms with van der Waals surface area (Å²) in [7, 11) is -3.32. The van der Waals surface area contributed by atoms with Crippen molar-refractivity contribution in [3.8, 4) is 11.5 Å². The Hall–Kier alpha value is -3.60. The van der Waals surface area contributed by atoms with E-state index in [9.17, 15) is 18.0 Å². The quantitative estimate of drug-likeness (QED) is 0.214. The average Bonchev–Trinajstić information content (AvgIpc) is 2.95. The van der Waals surface area contributed by atoms with Crippen LogP contribution < -0.4 is 14.8 Å². The molecule has 4 rings (SSSR count). The number of carbonyl (C=O) groups is 2. The van der Waals surface area contributed by atoms with Crippen LogP contribution >= 0.6 is 12.4 Å². The fourth-order valence-electron chi connectivity index (χ4n) is 5.04. The van der Waals surface area contributed by atoms with Crippen LogP contribution in [0.15, 0.2) is 72.8 Å². The number of carbonyl (C=O) groups excluding carboxylic acids is 2. The number of ether oxygens (including phenoxy) is 1. The second kappa shape index (κ2) is 15.7. The Labute approximate surface area is 261 Å². The van der Waals surface area contributed by atoms with Crippen molar-refractivity contribution in [2.24, 2.45) is 0 Å². The normalized spacial score (nSPS) is 13.9. The monoisotopic (exact) mass is 628 g/mol. The molecule has 0 saturated carbocycles. The molecule has 1 aliphatic rings. The van der Waals surface area contributed by atoms with Gasteiger partial charge in [-0.05, 0) is 80.3 Å². The lowest BCUT2D eigenvalue weighted by Crippen LogP contribution is -2.49. The number of Topliss-reactive ketones (excluding diaryl/α,β-unsaturated/α-hetero) is 1. The number of halogens is 1. The summed E-state index contributed by atoms with van der Waals surface area (Å²) in [6.07, 6.45) is 4.86. The number of benzene rings is 3. The van der Waals surface area contributed by atoms with Crippen molar-refractivity contribution in [2.75, 3.05) is 35.9 Å². The molecule has 11 heteroatoms. The highest BCUT2D eigenvalue weighted by atomic mass is 35.5. The van der Waals surface area contributed by atoms with Gasteiger partial charge in [-0.3, -0.25) is 14.4 Å². The number of amides is 2. The number of likely N-dealkylation sites (tertiary alicyclic amines) is 1. The van der Waals surface area contributed by atoms with E-state index in [1.54, 1.807) is 42.5 Å². The van der Waals surface area contributed by atoms with E-state index in [0.717, 1.165) is 51.6 Å². The number of piperidine rings is 1. The molecule has 0 spiro atoms. The van der Waals surface area contributed by atoms with Crippen molar-refractivity contribution >= 4 is 45.6 Å². The maximum atomic E-state index is 13.3. The lowest BCUT2D eigenvalue weighted by Gasteiger charge is -2.38. The van der Waals surface area contributed by atoms with Gasteiger partial charge >= 0.3 is 6.03 Å². The lowest BCUT2D eigenvalue weighted by atomic mass is 10.0. The smallest absolute Gasteiger partial charge is 0.322 e. The van der Waals surface area contributed by atoms with E-state index in [0.29, 0.717) is 35.0 Å². The van der Waals surface area contributed by atoms with E-state index in [2.05, 4.69) is 34.0 Å². The first-order valence-electron chi connectivity index (χ1n) is 14.4. The molecule has 0 atom stereocenters. The lowest BCUT2D eigenvalue weighted by molar-refractivity contribution is 0.101. The van der Waals surface area contributed by atoms with Crippen molar-refractivity contribution in [3.63, 3.8) is 0 Å². The van der Waals surface area contributed by atoms with Crippen LogP contribution in [0.3, 0.4) is 0 Å². The van der Waals surface area contributed by atoms with Gasteiger partial charge in [0.05, 0.1) is 6.26 Å². The summed E-state index contributed by atoms with van der Waals surface area (Å²) in [6, 6.07) is 21.9. The third kappa shape index (κ3) is 10.6. The van der Waals surface area contributed by atoms with E-state index >= 15 is 0 Å². The van der Waals surface area contributed by atoms with Gasteiger partial charge < -0.3 is 15.0 Å². The Morgan fingerprint density at radius 1 is 0.953 bits per heavy atom. The van der Waals surface area contributed by atoms with Crippen molar-refractivity contribution in [3.05, 3.63) is 83.9 Å². The highest BCUT2D eigenvalue weighted by Crippen LogP contribution is 2.25. The molecule has 1 saturated heterocycles. The maximum absolute atomic E-state index is 13.3. The molecule has 2 amide bonds. The highest BCUT2D eigenvalue weighted by molar-refractivity contribution is 7.92. The number of unbranched alkanes of at least 4 members (excludes halogenated alkanes) is 1. The summed E-state index contributed by atoms with van der Waals surface area (Å²) < 4.78 is 31.1. The highest BCUT2D eigenvalue weighted by Gasteiger charge is 2.28. The summed E-state index contributed by atoms with van der Waals surface area (Å²) in [6.45, 7) is 6.96. The van der Waals surface area contributed by atoms with Gasteiger partial charge in [0.1, 0.15) is 11.5 Å². The third-order valence-electron chi connectivity index (χ3n) is 7.25. The summed E-state index contributed by atoms with van der Waals surface area (Å²) >= 11 is 0. The topological polar surface area (TPSA) is 108 Å². The molecule has 0 aliphatic carbocycles. The van der Waals surface area contributed by atoms with E-state index in [1.807, 2.05) is 23.1 Å². The molecule has 3 aromatic rings. The van der Waals surface area contributed by atoms with E-state index in [-0.39, 0.29) is 30.3 Å². The summed E-state index contributed by atoms with van der Waals surface area (Å²) in [5, 5.41) is 3.01. The van der Waals surface area contributed by atoms with E-state index < -0.39 is 10.0 Å². The van der Waals surface area contributed by atoms with E-state index in [4.69, 9.17) is 4.74 Å². The number of rotatable bonds is 12. The second-order valence-corrected chi connectivity index (χ2v) is 12.5. The molecule has 43 heavy (non-hydrogen) atoms. The molecular weight excluding hydrogens is 588 g/mol. The Morgan fingerprint density at radius 2 is 1.58 bits per heavy atom. The van der Waals surface area contributed by atoms with Crippen molar-refractivity contribution in [2.45, 2.75) is 52.1 Å². The Kier molecular flexibility index (Phi) is 12.4. The predicted octanol–water partition coefficient (Wildman–Crippen LogP) is 6.77. The van der Waals surface area contributed by atoms with Gasteiger partial charge in [0.25, 0.3) is 0 Å². The molecule has 0 aromatic heterocycles. The Morgan fingerprint density at radius 3 is 2.16 bits per heavy atom. The van der Waals surface area contributed by atoms with Crippen molar-refractivity contribution in [1.29, 1.82) is 0 Å². The van der Waals surface area contributed by atoms with Crippen LogP contribution in [0.4, 0.5) is 16.2 Å². The van der Waals surface area contributed by atoms with Gasteiger partial charge in [-0.2, -0.15) is 0 Å². The predicted molar refractivity (Wildman–Crippen MR) is 174 cm³/mol. The van der Waals surface area contributed by atoms with Crippen molar-refractivity contribution in [1.82, 2.24) is 9.80 Å². The van der Waals surface area contributed by atoms with Gasteiger partial charge in [-0.15, -0.1) is 12.4 Å². The van der Waals surface area contributed by atoms with Gasteiger partial charge in [-0.1, -0.05) is 37.6 Å². The van der Waals surface area contributed by atoms with Gasteiger partial charge in [-0.25, -0.2) is 13.2 Å². The first-order chi connectivity index (χ1) is 20.1. The molecule has 1 fully saturated rings. The zero-order valence-electron chi connectivity index (χ0n) is 24.9. The van der Waals surface area contributed by atoms with Gasteiger partial charge in [0.15, 0.2) is 5.78 Å². The Balaban J connectivity index is 0.00000506. The first-order valence-corrected chi connectivity index (χ1v) is 16.2. The minimum Gasteiger partial charge on any atom is -0.457 e. The molecular formula is C32H41ClN4O5S. The summed E-state index contributed by atoms with van der Waals surface area (Å²) in [5.41, 5.74) is 2.89. The van der Waals surface area contributed by atoms with Crippen LogP contribution in [0.2, 0.25) is 0 Å². The van der Waals surface area contributed by atoms with Crippen LogP contribution in [0.25, 0.3) is 0 Å². The maximum Gasteiger partial charge on any atom is 0.322 e. The number of nitrogens with one attached hydrogen (secondary N) is 2. The first kappa shape index (κ1) is 33.9.